The molecule has 0 aromatic heterocycles. The Morgan fingerprint density at radius 2 is 0.721 bits per heavy atom. The van der Waals surface area contributed by atoms with Crippen molar-refractivity contribution < 1.29 is 28.6 Å². The minimum Gasteiger partial charge on any atom is -0.462 e. The number of unbranched alkanes of at least 4 members (excludes halogenated alkanes) is 12. The number of hydrogen-bond acceptors (Lipinski definition) is 6. The average Bonchev–Trinajstić information content (AvgIpc) is 3.26. The van der Waals surface area contributed by atoms with Crippen molar-refractivity contribution >= 4 is 17.9 Å². The molecule has 0 aliphatic heterocycles. The van der Waals surface area contributed by atoms with E-state index in [-0.39, 0.29) is 44.4 Å². The summed E-state index contributed by atoms with van der Waals surface area (Å²) in [6.45, 7) is 6.28. The third-order valence-electron chi connectivity index (χ3n) is 9.27. The molecular weight excluding hydrogens is 757 g/mol. The quantitative estimate of drug-likeness (QED) is 0.0201. The molecule has 0 aromatic rings. The predicted octanol–water partition coefficient (Wildman–Crippen LogP) is 15.5. The van der Waals surface area contributed by atoms with Crippen molar-refractivity contribution in [3.8, 4) is 0 Å². The molecule has 6 heteroatoms. The molecule has 0 heterocycles. The van der Waals surface area contributed by atoms with Gasteiger partial charge in [0.05, 0.1) is 0 Å². The van der Waals surface area contributed by atoms with Crippen LogP contribution in [0.2, 0.25) is 0 Å². The van der Waals surface area contributed by atoms with Crippen molar-refractivity contribution in [2.24, 2.45) is 0 Å². The normalized spacial score (nSPS) is 13.3. The van der Waals surface area contributed by atoms with E-state index >= 15 is 0 Å². The van der Waals surface area contributed by atoms with E-state index in [0.717, 1.165) is 64.2 Å². The van der Waals surface area contributed by atoms with E-state index in [9.17, 15) is 14.4 Å². The summed E-state index contributed by atoms with van der Waals surface area (Å²) in [4.78, 5) is 37.7. The summed E-state index contributed by atoms with van der Waals surface area (Å²) in [6, 6.07) is 0. The van der Waals surface area contributed by atoms with Crippen LogP contribution in [0.4, 0.5) is 0 Å². The molecule has 0 aromatic carbocycles. The minimum atomic E-state index is -0.839. The highest BCUT2D eigenvalue weighted by molar-refractivity contribution is 5.71. The van der Waals surface area contributed by atoms with Gasteiger partial charge in [-0.1, -0.05) is 193 Å². The summed E-state index contributed by atoms with van der Waals surface area (Å²) >= 11 is 0. The molecule has 0 bridgehead atoms. The summed E-state index contributed by atoms with van der Waals surface area (Å²) in [5, 5.41) is 0. The molecule has 0 saturated carbocycles. The number of hydrogen-bond donors (Lipinski definition) is 0. The van der Waals surface area contributed by atoms with Gasteiger partial charge in [0.2, 0.25) is 0 Å². The van der Waals surface area contributed by atoms with E-state index < -0.39 is 12.1 Å². The van der Waals surface area contributed by atoms with Crippen LogP contribution in [0.25, 0.3) is 0 Å². The van der Waals surface area contributed by atoms with Crippen LogP contribution >= 0.6 is 0 Å². The monoisotopic (exact) mass is 841 g/mol. The molecule has 0 fully saturated rings. The average molecular weight is 841 g/mol. The molecule has 0 rings (SSSR count). The maximum absolute atomic E-state index is 12.7. The summed E-state index contributed by atoms with van der Waals surface area (Å²) in [6.07, 6.45) is 67.3. The van der Waals surface area contributed by atoms with E-state index in [2.05, 4.69) is 93.7 Å². The fourth-order valence-electron chi connectivity index (χ4n) is 5.70. The van der Waals surface area contributed by atoms with Crippen LogP contribution < -0.4 is 0 Å². The maximum atomic E-state index is 12.7. The SMILES string of the molecule is CC\C=C/C=C\C=C/C=C\C=C\C=C/CCCCCC(=O)OCC(COC(=O)CCC/C=C\CCCCCC)OC(=O)CCC/C=C\C/C=C\C/C=C\C/C=C\CCCCC. The van der Waals surface area contributed by atoms with E-state index in [0.29, 0.717) is 19.3 Å². The number of carbonyl (C=O) groups excluding carboxylic acids is 3. The van der Waals surface area contributed by atoms with E-state index in [4.69, 9.17) is 14.2 Å². The lowest BCUT2D eigenvalue weighted by molar-refractivity contribution is -0.167. The zero-order chi connectivity index (χ0) is 44.4. The first-order chi connectivity index (χ1) is 30.0. The summed E-state index contributed by atoms with van der Waals surface area (Å²) in [5.41, 5.74) is 0. The summed E-state index contributed by atoms with van der Waals surface area (Å²) < 4.78 is 16.6. The fourth-order valence-corrected chi connectivity index (χ4v) is 5.70. The highest BCUT2D eigenvalue weighted by atomic mass is 16.6. The second-order valence-corrected chi connectivity index (χ2v) is 15.1. The minimum absolute atomic E-state index is 0.135. The van der Waals surface area contributed by atoms with Gasteiger partial charge in [-0.2, -0.15) is 0 Å². The third-order valence-corrected chi connectivity index (χ3v) is 9.27. The number of esters is 3. The van der Waals surface area contributed by atoms with Crippen LogP contribution in [0.3, 0.4) is 0 Å². The first-order valence-corrected chi connectivity index (χ1v) is 23.8. The molecule has 6 nitrogen and oxygen atoms in total. The fraction of sp³-hybridized carbons (Fsp3) is 0.545. The number of allylic oxidation sites excluding steroid dienone is 22. The second kappa shape index (κ2) is 48.2. The van der Waals surface area contributed by atoms with E-state index in [1.165, 1.54) is 51.4 Å². The highest BCUT2D eigenvalue weighted by Gasteiger charge is 2.19. The van der Waals surface area contributed by atoms with Crippen molar-refractivity contribution in [2.75, 3.05) is 13.2 Å². The predicted molar refractivity (Wildman–Crippen MR) is 260 cm³/mol. The van der Waals surface area contributed by atoms with Crippen LogP contribution in [0.5, 0.6) is 0 Å². The van der Waals surface area contributed by atoms with Crippen molar-refractivity contribution in [1.82, 2.24) is 0 Å². The van der Waals surface area contributed by atoms with Gasteiger partial charge >= 0.3 is 17.9 Å². The smallest absolute Gasteiger partial charge is 0.306 e. The Morgan fingerprint density at radius 3 is 1.23 bits per heavy atom. The van der Waals surface area contributed by atoms with Crippen molar-refractivity contribution in [3.05, 3.63) is 134 Å². The lowest BCUT2D eigenvalue weighted by Gasteiger charge is -2.18. The van der Waals surface area contributed by atoms with Gasteiger partial charge in [0, 0.05) is 19.3 Å². The van der Waals surface area contributed by atoms with Gasteiger partial charge in [-0.05, 0) is 96.3 Å². The third kappa shape index (κ3) is 46.5. The van der Waals surface area contributed by atoms with Crippen LogP contribution in [-0.2, 0) is 28.6 Å². The maximum Gasteiger partial charge on any atom is 0.306 e. The van der Waals surface area contributed by atoms with Crippen LogP contribution in [0, 0.1) is 0 Å². The van der Waals surface area contributed by atoms with Crippen LogP contribution in [0.1, 0.15) is 175 Å². The summed E-state index contributed by atoms with van der Waals surface area (Å²) in [5.74, 6) is -1.08. The Hall–Kier alpha value is -4.45. The van der Waals surface area contributed by atoms with Gasteiger partial charge < -0.3 is 14.2 Å². The number of ether oxygens (including phenoxy) is 3. The van der Waals surface area contributed by atoms with Crippen molar-refractivity contribution in [3.63, 3.8) is 0 Å². The molecule has 0 aliphatic rings. The molecule has 1 unspecified atom stereocenters. The molecule has 0 amide bonds. The molecule has 0 aliphatic carbocycles. The van der Waals surface area contributed by atoms with Gasteiger partial charge in [-0.15, -0.1) is 0 Å². The molecule has 0 N–H and O–H groups in total. The Morgan fingerprint density at radius 1 is 0.361 bits per heavy atom. The van der Waals surface area contributed by atoms with Gasteiger partial charge in [0.1, 0.15) is 13.2 Å². The first kappa shape index (κ1) is 56.5. The van der Waals surface area contributed by atoms with Crippen LogP contribution in [0.15, 0.2) is 134 Å². The lowest BCUT2D eigenvalue weighted by Crippen LogP contribution is -2.30. The summed E-state index contributed by atoms with van der Waals surface area (Å²) in [7, 11) is 0. The van der Waals surface area contributed by atoms with E-state index in [1.807, 2.05) is 60.8 Å². The van der Waals surface area contributed by atoms with Crippen molar-refractivity contribution in [1.29, 1.82) is 0 Å². The highest BCUT2D eigenvalue weighted by Crippen LogP contribution is 2.10. The standard InChI is InChI=1S/C55H84O6/c1-4-7-10-13-16-19-21-23-25-27-29-31-33-36-39-42-45-48-54(57)60-51-52(50-59-53(56)47-44-41-38-35-18-15-12-9-6-3)61-55(58)49-46-43-40-37-34-32-30-28-26-24-22-20-17-14-11-8-5-2/h7,10,13,16-17,19-21,23-27,29-33,35,37-38,40,52H,4-6,8-9,11-12,14-15,18,22,28,34,36,39,41-51H2,1-3H3/b10-7-,16-13-,20-17-,21-19-,25-23-,26-24-,29-27+,32-30-,33-31-,38-35-,40-37-. The largest absolute Gasteiger partial charge is 0.462 e. The van der Waals surface area contributed by atoms with Gasteiger partial charge in [0.15, 0.2) is 6.10 Å². The Balaban J connectivity index is 4.60. The second-order valence-electron chi connectivity index (χ2n) is 15.1. The Bertz CT molecular complexity index is 1380. The Kier molecular flexibility index (Phi) is 44.7. The lowest BCUT2D eigenvalue weighted by atomic mass is 10.1. The molecule has 1 atom stereocenters. The van der Waals surface area contributed by atoms with Gasteiger partial charge in [-0.3, -0.25) is 14.4 Å². The molecule has 0 saturated heterocycles. The number of carbonyl (C=O) groups is 3. The topological polar surface area (TPSA) is 78.9 Å². The van der Waals surface area contributed by atoms with Crippen LogP contribution in [-0.4, -0.2) is 37.2 Å². The molecule has 0 spiro atoms. The number of rotatable bonds is 40. The molecule has 61 heavy (non-hydrogen) atoms. The Labute approximate surface area is 373 Å². The van der Waals surface area contributed by atoms with Crippen molar-refractivity contribution in [2.45, 2.75) is 181 Å². The van der Waals surface area contributed by atoms with Gasteiger partial charge in [-0.25, -0.2) is 0 Å². The molecule has 0 radical (unpaired) electrons. The van der Waals surface area contributed by atoms with E-state index in [1.54, 1.807) is 0 Å². The molecular formula is C55H84O6. The van der Waals surface area contributed by atoms with Gasteiger partial charge in [0.25, 0.3) is 0 Å². The zero-order valence-electron chi connectivity index (χ0n) is 38.6. The molecule has 340 valence electrons. The first-order valence-electron chi connectivity index (χ1n) is 23.8. The zero-order valence-corrected chi connectivity index (χ0v) is 38.6.